The highest BCUT2D eigenvalue weighted by molar-refractivity contribution is 5.94. The fourth-order valence-corrected chi connectivity index (χ4v) is 3.47. The number of rotatable bonds is 4. The van der Waals surface area contributed by atoms with Crippen molar-refractivity contribution in [2.24, 2.45) is 0 Å². The average Bonchev–Trinajstić information content (AvgIpc) is 2.73. The zero-order chi connectivity index (χ0) is 22.9. The zero-order valence-electron chi connectivity index (χ0n) is 17.0. The Morgan fingerprint density at radius 3 is 2.39 bits per heavy atom. The Morgan fingerprint density at radius 2 is 1.84 bits per heavy atom. The van der Waals surface area contributed by atoms with Gasteiger partial charge in [-0.25, -0.2) is 9.78 Å². The predicted molar refractivity (Wildman–Crippen MR) is 107 cm³/mol. The van der Waals surface area contributed by atoms with Crippen LogP contribution in [0.4, 0.5) is 24.7 Å². The standard InChI is InChI=1S/C19H22F3N5O4/c1-3-25-10-12(17(29)31-4-2)14(28)11-9-13(23)16(24-15(11)25)26-5-7-27(8-6-26)18(30)19(20,21)22/h9-10H,3-8,23H2,1-2H3. The second-order valence-electron chi connectivity index (χ2n) is 6.93. The predicted octanol–water partition coefficient (Wildman–Crippen LogP) is 1.39. The Hall–Kier alpha value is -3.31. The first-order chi connectivity index (χ1) is 14.6. The molecule has 0 spiro atoms. The van der Waals surface area contributed by atoms with Gasteiger partial charge in [0.15, 0.2) is 5.82 Å². The van der Waals surface area contributed by atoms with E-state index in [2.05, 4.69) is 4.98 Å². The molecule has 12 heteroatoms. The molecule has 9 nitrogen and oxygen atoms in total. The smallest absolute Gasteiger partial charge is 0.462 e. The van der Waals surface area contributed by atoms with Crippen molar-refractivity contribution in [2.75, 3.05) is 43.4 Å². The molecule has 1 aliphatic heterocycles. The van der Waals surface area contributed by atoms with Crippen molar-refractivity contribution in [2.45, 2.75) is 26.6 Å². The number of hydrogen-bond acceptors (Lipinski definition) is 7. The summed E-state index contributed by atoms with van der Waals surface area (Å²) in [7, 11) is 0. The minimum absolute atomic E-state index is 0.0990. The van der Waals surface area contributed by atoms with Crippen LogP contribution in [0.25, 0.3) is 11.0 Å². The molecule has 3 heterocycles. The van der Waals surface area contributed by atoms with Crippen LogP contribution in [-0.2, 0) is 16.1 Å². The van der Waals surface area contributed by atoms with E-state index in [-0.39, 0.29) is 49.4 Å². The highest BCUT2D eigenvalue weighted by atomic mass is 19.4. The molecule has 0 radical (unpaired) electrons. The number of hydrogen-bond donors (Lipinski definition) is 1. The van der Waals surface area contributed by atoms with E-state index in [1.54, 1.807) is 23.3 Å². The zero-order valence-corrected chi connectivity index (χ0v) is 17.0. The van der Waals surface area contributed by atoms with Gasteiger partial charge in [0, 0.05) is 38.9 Å². The van der Waals surface area contributed by atoms with Gasteiger partial charge in [0.1, 0.15) is 11.2 Å². The molecule has 0 unspecified atom stereocenters. The number of nitrogens with two attached hydrogens (primary N) is 1. The lowest BCUT2D eigenvalue weighted by atomic mass is 10.1. The Kier molecular flexibility index (Phi) is 6.09. The molecule has 168 valence electrons. The number of amides is 1. The maximum absolute atomic E-state index is 12.8. The lowest BCUT2D eigenvalue weighted by Crippen LogP contribution is -2.52. The summed E-state index contributed by atoms with van der Waals surface area (Å²) in [5.74, 6) is -2.32. The molecule has 1 aliphatic rings. The third kappa shape index (κ3) is 4.28. The van der Waals surface area contributed by atoms with Crippen molar-refractivity contribution in [1.82, 2.24) is 14.5 Å². The summed E-state index contributed by atoms with van der Waals surface area (Å²) >= 11 is 0. The monoisotopic (exact) mass is 441 g/mol. The molecule has 1 saturated heterocycles. The van der Waals surface area contributed by atoms with E-state index in [4.69, 9.17) is 10.5 Å². The number of nitrogen functional groups attached to an aromatic ring is 1. The molecule has 0 aliphatic carbocycles. The van der Waals surface area contributed by atoms with Crippen LogP contribution in [0.1, 0.15) is 24.2 Å². The molecular weight excluding hydrogens is 419 g/mol. The Labute approximate surface area is 175 Å². The maximum atomic E-state index is 12.8. The number of ether oxygens (including phenoxy) is 1. The molecule has 0 bridgehead atoms. The first-order valence-electron chi connectivity index (χ1n) is 9.70. The van der Waals surface area contributed by atoms with E-state index >= 15 is 0 Å². The van der Waals surface area contributed by atoms with Crippen molar-refractivity contribution in [3.8, 4) is 0 Å². The number of alkyl halides is 3. The summed E-state index contributed by atoms with van der Waals surface area (Å²) in [5, 5.41) is 0.138. The molecule has 1 amide bonds. The van der Waals surface area contributed by atoms with Crippen molar-refractivity contribution < 1.29 is 27.5 Å². The quantitative estimate of drug-likeness (QED) is 0.714. The number of aryl methyl sites for hydroxylation is 1. The van der Waals surface area contributed by atoms with Crippen LogP contribution >= 0.6 is 0 Å². The highest BCUT2D eigenvalue weighted by Gasteiger charge is 2.43. The van der Waals surface area contributed by atoms with Crippen LogP contribution < -0.4 is 16.1 Å². The van der Waals surface area contributed by atoms with Gasteiger partial charge in [-0.15, -0.1) is 0 Å². The highest BCUT2D eigenvalue weighted by Crippen LogP contribution is 2.27. The second kappa shape index (κ2) is 8.44. The number of halogens is 3. The molecule has 3 rings (SSSR count). The summed E-state index contributed by atoms with van der Waals surface area (Å²) in [6.45, 7) is 3.87. The van der Waals surface area contributed by atoms with Gasteiger partial charge >= 0.3 is 18.1 Å². The topological polar surface area (TPSA) is 111 Å². The number of pyridine rings is 2. The Balaban J connectivity index is 1.96. The third-order valence-corrected chi connectivity index (χ3v) is 5.00. The van der Waals surface area contributed by atoms with Crippen LogP contribution in [-0.4, -0.2) is 65.3 Å². The summed E-state index contributed by atoms with van der Waals surface area (Å²) in [5.41, 5.74) is 5.83. The van der Waals surface area contributed by atoms with Crippen molar-refractivity contribution in [3.05, 3.63) is 28.0 Å². The van der Waals surface area contributed by atoms with E-state index in [1.807, 2.05) is 0 Å². The molecule has 2 aromatic rings. The summed E-state index contributed by atoms with van der Waals surface area (Å²) < 4.78 is 44.5. The van der Waals surface area contributed by atoms with Crippen molar-refractivity contribution in [3.63, 3.8) is 0 Å². The number of anilines is 2. The number of carbonyl (C=O) groups is 2. The first kappa shape index (κ1) is 22.4. The van der Waals surface area contributed by atoms with Gasteiger partial charge in [-0.05, 0) is 19.9 Å². The number of esters is 1. The van der Waals surface area contributed by atoms with E-state index < -0.39 is 23.5 Å². The lowest BCUT2D eigenvalue weighted by Gasteiger charge is -2.36. The Bertz CT molecular complexity index is 1070. The SMILES string of the molecule is CCOC(=O)c1cn(CC)c2nc(N3CCN(C(=O)C(F)(F)F)CC3)c(N)cc2c1=O. The number of aromatic nitrogens is 2. The number of nitrogens with zero attached hydrogens (tertiary/aromatic N) is 4. The second-order valence-corrected chi connectivity index (χ2v) is 6.93. The molecule has 31 heavy (non-hydrogen) atoms. The Morgan fingerprint density at radius 1 is 1.19 bits per heavy atom. The van der Waals surface area contributed by atoms with Gasteiger partial charge in [-0.1, -0.05) is 0 Å². The molecule has 2 N–H and O–H groups in total. The van der Waals surface area contributed by atoms with Crippen LogP contribution in [0, 0.1) is 0 Å². The molecule has 0 aromatic carbocycles. The normalized spacial score (nSPS) is 14.7. The lowest BCUT2D eigenvalue weighted by molar-refractivity contribution is -0.185. The van der Waals surface area contributed by atoms with Crippen molar-refractivity contribution in [1.29, 1.82) is 0 Å². The number of carbonyl (C=O) groups excluding carboxylic acids is 2. The molecular formula is C19H22F3N5O4. The minimum Gasteiger partial charge on any atom is -0.462 e. The average molecular weight is 441 g/mol. The summed E-state index contributed by atoms with van der Waals surface area (Å²) in [4.78, 5) is 43.2. The van der Waals surface area contributed by atoms with Gasteiger partial charge < -0.3 is 24.8 Å². The fraction of sp³-hybridized carbons (Fsp3) is 0.474. The van der Waals surface area contributed by atoms with E-state index in [0.29, 0.717) is 18.0 Å². The summed E-state index contributed by atoms with van der Waals surface area (Å²) in [6, 6.07) is 1.40. The molecule has 0 atom stereocenters. The largest absolute Gasteiger partial charge is 0.471 e. The fourth-order valence-electron chi connectivity index (χ4n) is 3.47. The molecule has 2 aromatic heterocycles. The first-order valence-corrected chi connectivity index (χ1v) is 9.70. The van der Waals surface area contributed by atoms with Crippen LogP contribution in [0.3, 0.4) is 0 Å². The van der Waals surface area contributed by atoms with Crippen LogP contribution in [0.2, 0.25) is 0 Å². The summed E-state index contributed by atoms with van der Waals surface area (Å²) in [6.07, 6.45) is -3.55. The third-order valence-electron chi connectivity index (χ3n) is 5.00. The number of piperazine rings is 1. The minimum atomic E-state index is -4.92. The molecule has 1 fully saturated rings. The van der Waals surface area contributed by atoms with E-state index in [9.17, 15) is 27.6 Å². The van der Waals surface area contributed by atoms with E-state index in [1.165, 1.54) is 12.3 Å². The van der Waals surface area contributed by atoms with Gasteiger partial charge in [0.2, 0.25) is 5.43 Å². The van der Waals surface area contributed by atoms with E-state index in [0.717, 1.165) is 4.90 Å². The van der Waals surface area contributed by atoms with Gasteiger partial charge in [-0.3, -0.25) is 9.59 Å². The van der Waals surface area contributed by atoms with Crippen LogP contribution in [0.5, 0.6) is 0 Å². The van der Waals surface area contributed by atoms with Gasteiger partial charge in [0.05, 0.1) is 17.7 Å². The number of fused-ring (bicyclic) bond motifs is 1. The maximum Gasteiger partial charge on any atom is 0.471 e. The van der Waals surface area contributed by atoms with Gasteiger partial charge in [-0.2, -0.15) is 13.2 Å². The van der Waals surface area contributed by atoms with Crippen molar-refractivity contribution >= 4 is 34.4 Å². The van der Waals surface area contributed by atoms with Crippen LogP contribution in [0.15, 0.2) is 17.1 Å². The van der Waals surface area contributed by atoms with Gasteiger partial charge in [0.25, 0.3) is 0 Å². The molecule has 0 saturated carbocycles.